The maximum atomic E-state index is 13.7. The van der Waals surface area contributed by atoms with Crippen LogP contribution in [-0.4, -0.2) is 31.9 Å². The van der Waals surface area contributed by atoms with E-state index in [0.29, 0.717) is 0 Å². The molecule has 0 saturated carbocycles. The number of carbonyl (C=O) groups is 1. The molecule has 0 aliphatic carbocycles. The average Bonchev–Trinajstić information content (AvgIpc) is 2.37. The molecule has 0 saturated heterocycles. The Morgan fingerprint density at radius 2 is 1.89 bits per heavy atom. The molecule has 1 atom stereocenters. The van der Waals surface area contributed by atoms with Gasteiger partial charge in [-0.15, -0.1) is 0 Å². The zero-order chi connectivity index (χ0) is 13.7. The Kier molecular flexibility index (Phi) is 4.91. The van der Waals surface area contributed by atoms with E-state index in [0.717, 1.165) is 6.07 Å². The van der Waals surface area contributed by atoms with E-state index in [1.807, 2.05) is 0 Å². The smallest absolute Gasteiger partial charge is 0.339 e. The van der Waals surface area contributed by atoms with Crippen molar-refractivity contribution in [2.75, 3.05) is 20.8 Å². The Balaban J connectivity index is 3.12. The lowest BCUT2D eigenvalue weighted by Crippen LogP contribution is -2.16. The molecule has 0 fully saturated rings. The van der Waals surface area contributed by atoms with Crippen molar-refractivity contribution in [3.8, 4) is 11.5 Å². The molecule has 0 aliphatic heterocycles. The van der Waals surface area contributed by atoms with Gasteiger partial charge in [-0.1, -0.05) is 0 Å². The van der Waals surface area contributed by atoms with Gasteiger partial charge >= 0.3 is 5.97 Å². The largest absolute Gasteiger partial charge is 0.493 e. The first-order valence-electron chi connectivity index (χ1n) is 5.31. The minimum absolute atomic E-state index is 0.102. The van der Waals surface area contributed by atoms with Gasteiger partial charge in [-0.25, -0.2) is 9.18 Å². The second kappa shape index (κ2) is 6.20. The third-order valence-electron chi connectivity index (χ3n) is 2.31. The molecule has 0 aromatic heterocycles. The molecule has 6 heteroatoms. The highest BCUT2D eigenvalue weighted by Crippen LogP contribution is 2.32. The lowest BCUT2D eigenvalue weighted by molar-refractivity contribution is -0.153. The Morgan fingerprint density at radius 3 is 2.39 bits per heavy atom. The number of benzene rings is 1. The van der Waals surface area contributed by atoms with Gasteiger partial charge in [0, 0.05) is 11.6 Å². The zero-order valence-electron chi connectivity index (χ0n) is 10.4. The van der Waals surface area contributed by atoms with Crippen molar-refractivity contribution in [2.24, 2.45) is 0 Å². The molecule has 1 N–H and O–H groups in total. The summed E-state index contributed by atoms with van der Waals surface area (Å²) in [5.74, 6) is -1.29. The van der Waals surface area contributed by atoms with E-state index >= 15 is 0 Å². The van der Waals surface area contributed by atoms with E-state index < -0.39 is 17.9 Å². The highest BCUT2D eigenvalue weighted by molar-refractivity contribution is 5.76. The van der Waals surface area contributed by atoms with Gasteiger partial charge in [0.15, 0.2) is 17.6 Å². The molecule has 0 radical (unpaired) electrons. The van der Waals surface area contributed by atoms with Gasteiger partial charge in [0.1, 0.15) is 5.82 Å². The van der Waals surface area contributed by atoms with E-state index in [1.54, 1.807) is 6.92 Å². The Bertz CT molecular complexity index is 433. The highest BCUT2D eigenvalue weighted by Gasteiger charge is 2.24. The van der Waals surface area contributed by atoms with E-state index in [9.17, 15) is 14.3 Å². The standard InChI is InChI=1S/C12H15FO5/c1-4-18-12(15)11(14)7-5-9(16-2)10(17-3)6-8(7)13/h5-6,11,14H,4H2,1-3H3. The number of carbonyl (C=O) groups excluding carboxylic acids is 1. The molecule has 100 valence electrons. The van der Waals surface area contributed by atoms with Crippen LogP contribution in [0.15, 0.2) is 12.1 Å². The van der Waals surface area contributed by atoms with Crippen LogP contribution in [0.3, 0.4) is 0 Å². The van der Waals surface area contributed by atoms with Gasteiger partial charge in [-0.05, 0) is 13.0 Å². The summed E-state index contributed by atoms with van der Waals surface area (Å²) in [5, 5.41) is 9.67. The van der Waals surface area contributed by atoms with Crippen molar-refractivity contribution in [3.05, 3.63) is 23.5 Å². The quantitative estimate of drug-likeness (QED) is 0.809. The summed E-state index contributed by atoms with van der Waals surface area (Å²) >= 11 is 0. The summed E-state index contributed by atoms with van der Waals surface area (Å²) in [7, 11) is 2.73. The first-order chi connectivity index (χ1) is 8.54. The Morgan fingerprint density at radius 1 is 1.33 bits per heavy atom. The first kappa shape index (κ1) is 14.2. The van der Waals surface area contributed by atoms with Crippen LogP contribution in [0.2, 0.25) is 0 Å². The lowest BCUT2D eigenvalue weighted by Gasteiger charge is -2.14. The molecule has 0 bridgehead atoms. The number of esters is 1. The van der Waals surface area contributed by atoms with Crippen LogP contribution in [0.1, 0.15) is 18.6 Å². The minimum atomic E-state index is -1.69. The molecular formula is C12H15FO5. The van der Waals surface area contributed by atoms with Gasteiger partial charge in [0.05, 0.1) is 20.8 Å². The van der Waals surface area contributed by atoms with Crippen LogP contribution >= 0.6 is 0 Å². The fourth-order valence-corrected chi connectivity index (χ4v) is 1.43. The monoisotopic (exact) mass is 258 g/mol. The number of hydrogen-bond acceptors (Lipinski definition) is 5. The van der Waals surface area contributed by atoms with Crippen molar-refractivity contribution in [2.45, 2.75) is 13.0 Å². The summed E-state index contributed by atoms with van der Waals surface area (Å²) in [5.41, 5.74) is -0.217. The van der Waals surface area contributed by atoms with Gasteiger partial charge < -0.3 is 19.3 Å². The highest BCUT2D eigenvalue weighted by atomic mass is 19.1. The molecule has 5 nitrogen and oxygen atoms in total. The molecular weight excluding hydrogens is 243 g/mol. The van der Waals surface area contributed by atoms with Gasteiger partial charge in [0.25, 0.3) is 0 Å². The van der Waals surface area contributed by atoms with Crippen molar-refractivity contribution < 1.29 is 28.5 Å². The number of aliphatic hydroxyl groups is 1. The zero-order valence-corrected chi connectivity index (χ0v) is 10.4. The number of ether oxygens (including phenoxy) is 3. The van der Waals surface area contributed by atoms with Crippen molar-refractivity contribution in [3.63, 3.8) is 0 Å². The van der Waals surface area contributed by atoms with Gasteiger partial charge in [-0.2, -0.15) is 0 Å². The second-order valence-corrected chi connectivity index (χ2v) is 3.38. The molecule has 18 heavy (non-hydrogen) atoms. The normalized spacial score (nSPS) is 11.8. The summed E-state index contributed by atoms with van der Waals surface area (Å²) in [4.78, 5) is 11.3. The fraction of sp³-hybridized carbons (Fsp3) is 0.417. The summed E-state index contributed by atoms with van der Waals surface area (Å²) in [6.45, 7) is 1.69. The van der Waals surface area contributed by atoms with Crippen molar-refractivity contribution >= 4 is 5.97 Å². The average molecular weight is 258 g/mol. The maximum absolute atomic E-state index is 13.7. The number of methoxy groups -OCH3 is 2. The molecule has 0 aliphatic rings. The molecule has 1 aromatic carbocycles. The van der Waals surface area contributed by atoms with Crippen LogP contribution in [0, 0.1) is 5.82 Å². The first-order valence-corrected chi connectivity index (χ1v) is 5.31. The maximum Gasteiger partial charge on any atom is 0.339 e. The van der Waals surface area contributed by atoms with Gasteiger partial charge in [-0.3, -0.25) is 0 Å². The molecule has 1 rings (SSSR count). The number of halogens is 1. The minimum Gasteiger partial charge on any atom is -0.493 e. The molecule has 0 spiro atoms. The van der Waals surface area contributed by atoms with Crippen LogP contribution in [0.5, 0.6) is 11.5 Å². The van der Waals surface area contributed by atoms with E-state index in [4.69, 9.17) is 9.47 Å². The van der Waals surface area contributed by atoms with E-state index in [2.05, 4.69) is 4.74 Å². The Hall–Kier alpha value is -1.82. The molecule has 1 unspecified atom stereocenters. The SMILES string of the molecule is CCOC(=O)C(O)c1cc(OC)c(OC)cc1F. The van der Waals surface area contributed by atoms with Crippen LogP contribution in [0.4, 0.5) is 4.39 Å². The van der Waals surface area contributed by atoms with E-state index in [1.165, 1.54) is 20.3 Å². The summed E-state index contributed by atoms with van der Waals surface area (Å²) in [6.07, 6.45) is -1.69. The third-order valence-corrected chi connectivity index (χ3v) is 2.31. The molecule has 0 heterocycles. The number of hydrogen-bond donors (Lipinski definition) is 1. The lowest BCUT2D eigenvalue weighted by atomic mass is 10.1. The summed E-state index contributed by atoms with van der Waals surface area (Å²) < 4.78 is 28.2. The fourth-order valence-electron chi connectivity index (χ4n) is 1.43. The predicted octanol–water partition coefficient (Wildman–Crippen LogP) is 1.44. The predicted molar refractivity (Wildman–Crippen MR) is 61.1 cm³/mol. The van der Waals surface area contributed by atoms with Crippen molar-refractivity contribution in [1.82, 2.24) is 0 Å². The van der Waals surface area contributed by atoms with Crippen LogP contribution < -0.4 is 9.47 Å². The third kappa shape index (κ3) is 2.89. The van der Waals surface area contributed by atoms with Gasteiger partial charge in [0.2, 0.25) is 0 Å². The van der Waals surface area contributed by atoms with Crippen LogP contribution in [-0.2, 0) is 9.53 Å². The van der Waals surface area contributed by atoms with Crippen LogP contribution in [0.25, 0.3) is 0 Å². The van der Waals surface area contributed by atoms with E-state index in [-0.39, 0.29) is 23.7 Å². The molecule has 1 aromatic rings. The second-order valence-electron chi connectivity index (χ2n) is 3.38. The number of aliphatic hydroxyl groups excluding tert-OH is 1. The summed E-state index contributed by atoms with van der Waals surface area (Å²) in [6, 6.07) is 2.24. The topological polar surface area (TPSA) is 65.0 Å². The van der Waals surface area contributed by atoms with Crippen molar-refractivity contribution in [1.29, 1.82) is 0 Å². The number of rotatable bonds is 5. The molecule has 0 amide bonds. The Labute approximate surface area is 104 Å².